The molecule has 2 aromatic carbocycles. The lowest BCUT2D eigenvalue weighted by molar-refractivity contribution is -0.121. The minimum atomic E-state index is -0.245. The van der Waals surface area contributed by atoms with Crippen LogP contribution in [0.2, 0.25) is 0 Å². The predicted octanol–water partition coefficient (Wildman–Crippen LogP) is 4.42. The van der Waals surface area contributed by atoms with Gasteiger partial charge in [0.25, 0.3) is 0 Å². The van der Waals surface area contributed by atoms with Crippen molar-refractivity contribution in [1.29, 1.82) is 0 Å². The van der Waals surface area contributed by atoms with Crippen LogP contribution in [0.4, 0.5) is 0 Å². The average Bonchev–Trinajstić information content (AvgIpc) is 3.09. The Hall–Kier alpha value is -2.53. The second kappa shape index (κ2) is 8.91. The number of rotatable bonds is 7. The molecule has 140 valence electrons. The third-order valence-electron chi connectivity index (χ3n) is 4.63. The van der Waals surface area contributed by atoms with E-state index in [0.717, 1.165) is 17.1 Å². The maximum Gasteiger partial charge on any atom is 0.221 e. The molecule has 0 aliphatic rings. The summed E-state index contributed by atoms with van der Waals surface area (Å²) in [5.41, 5.74) is 3.60. The number of imidazole rings is 1. The lowest BCUT2D eigenvalue weighted by Gasteiger charge is -2.19. The number of hydrogen-bond donors (Lipinski definition) is 1. The molecule has 0 saturated heterocycles. The van der Waals surface area contributed by atoms with Crippen LogP contribution in [0.1, 0.15) is 35.0 Å². The van der Waals surface area contributed by atoms with Crippen LogP contribution in [-0.4, -0.2) is 21.2 Å². The van der Waals surface area contributed by atoms with Crippen LogP contribution in [0.15, 0.2) is 65.8 Å². The molecule has 0 spiro atoms. The first-order valence-electron chi connectivity index (χ1n) is 9.06. The lowest BCUT2D eigenvalue weighted by atomic mass is 10.1. The van der Waals surface area contributed by atoms with Crippen LogP contribution in [-0.2, 0) is 11.8 Å². The van der Waals surface area contributed by atoms with E-state index in [9.17, 15) is 4.79 Å². The Morgan fingerprint density at radius 2 is 1.93 bits per heavy atom. The summed E-state index contributed by atoms with van der Waals surface area (Å²) in [7, 11) is 1.94. The number of hydrogen-bond acceptors (Lipinski definition) is 3. The highest BCUT2D eigenvalue weighted by Crippen LogP contribution is 2.23. The first-order chi connectivity index (χ1) is 13.0. The lowest BCUT2D eigenvalue weighted by Crippen LogP contribution is -2.31. The van der Waals surface area contributed by atoms with Crippen molar-refractivity contribution in [3.8, 4) is 0 Å². The number of thioether (sulfide) groups is 1. The largest absolute Gasteiger partial charge is 0.342 e. The molecule has 1 aromatic heterocycles. The zero-order valence-corrected chi connectivity index (χ0v) is 16.8. The molecule has 0 aliphatic heterocycles. The van der Waals surface area contributed by atoms with Gasteiger partial charge in [0.15, 0.2) is 0 Å². The van der Waals surface area contributed by atoms with Crippen molar-refractivity contribution < 1.29 is 4.79 Å². The van der Waals surface area contributed by atoms with Gasteiger partial charge in [-0.1, -0.05) is 36.4 Å². The van der Waals surface area contributed by atoms with Gasteiger partial charge in [0.05, 0.1) is 0 Å². The molecule has 1 heterocycles. The average molecular weight is 380 g/mol. The minimum absolute atomic E-state index is 0.0307. The van der Waals surface area contributed by atoms with E-state index in [0.29, 0.717) is 6.42 Å². The zero-order valence-electron chi connectivity index (χ0n) is 16.0. The van der Waals surface area contributed by atoms with E-state index in [1.807, 2.05) is 48.1 Å². The maximum atomic E-state index is 12.6. The Morgan fingerprint density at radius 3 is 2.59 bits per heavy atom. The highest BCUT2D eigenvalue weighted by Gasteiger charge is 2.20. The van der Waals surface area contributed by atoms with Gasteiger partial charge in [0.1, 0.15) is 11.9 Å². The third-order valence-corrected chi connectivity index (χ3v) is 5.63. The van der Waals surface area contributed by atoms with Gasteiger partial charge in [0.2, 0.25) is 5.91 Å². The molecular weight excluding hydrogens is 354 g/mol. The Balaban J connectivity index is 1.63. The first-order valence-corrected chi connectivity index (χ1v) is 10.0. The highest BCUT2D eigenvalue weighted by atomic mass is 32.2. The Bertz CT molecular complexity index is 905. The number of carbonyl (C=O) groups is 1. The number of nitrogens with zero attached hydrogens (tertiary/aromatic N) is 2. The summed E-state index contributed by atoms with van der Waals surface area (Å²) in [6.45, 7) is 4.22. The van der Waals surface area contributed by atoms with Gasteiger partial charge < -0.3 is 9.88 Å². The van der Waals surface area contributed by atoms with Crippen molar-refractivity contribution in [2.24, 2.45) is 7.05 Å². The summed E-state index contributed by atoms with van der Waals surface area (Å²) < 4.78 is 1.95. The molecule has 0 saturated carbocycles. The van der Waals surface area contributed by atoms with Crippen LogP contribution in [0.3, 0.4) is 0 Å². The molecule has 1 atom stereocenters. The van der Waals surface area contributed by atoms with Gasteiger partial charge >= 0.3 is 0 Å². The van der Waals surface area contributed by atoms with Gasteiger partial charge in [0, 0.05) is 36.5 Å². The van der Waals surface area contributed by atoms with Gasteiger partial charge in [-0.2, -0.15) is 0 Å². The summed E-state index contributed by atoms with van der Waals surface area (Å²) >= 11 is 1.71. The molecule has 5 heteroatoms. The van der Waals surface area contributed by atoms with E-state index >= 15 is 0 Å². The van der Waals surface area contributed by atoms with Gasteiger partial charge in [-0.05, 0) is 42.7 Å². The maximum absolute atomic E-state index is 12.6. The summed E-state index contributed by atoms with van der Waals surface area (Å²) in [5, 5.41) is 3.15. The Labute approximate surface area is 165 Å². The highest BCUT2D eigenvalue weighted by molar-refractivity contribution is 7.99. The summed E-state index contributed by atoms with van der Waals surface area (Å²) in [4.78, 5) is 18.2. The Morgan fingerprint density at radius 1 is 1.15 bits per heavy atom. The van der Waals surface area contributed by atoms with Crippen molar-refractivity contribution in [2.75, 3.05) is 5.75 Å². The Kier molecular flexibility index (Phi) is 6.35. The van der Waals surface area contributed by atoms with E-state index in [-0.39, 0.29) is 11.9 Å². The van der Waals surface area contributed by atoms with Crippen LogP contribution in [0, 0.1) is 13.8 Å². The molecule has 4 nitrogen and oxygen atoms in total. The van der Waals surface area contributed by atoms with Gasteiger partial charge in [-0.3, -0.25) is 4.79 Å². The number of benzene rings is 2. The number of nitrogens with one attached hydrogen (secondary N) is 1. The van der Waals surface area contributed by atoms with Gasteiger partial charge in [-0.25, -0.2) is 4.98 Å². The van der Waals surface area contributed by atoms with E-state index in [1.54, 1.807) is 18.0 Å². The van der Waals surface area contributed by atoms with E-state index < -0.39 is 0 Å². The molecule has 0 bridgehead atoms. The SMILES string of the molecule is Cc1ccc(SCCC(=O)NC(c2ccccc2)c2nccn2C)cc1C. The second-order valence-corrected chi connectivity index (χ2v) is 7.82. The predicted molar refractivity (Wildman–Crippen MR) is 111 cm³/mol. The number of carbonyl (C=O) groups excluding carboxylic acids is 1. The van der Waals surface area contributed by atoms with Crippen LogP contribution < -0.4 is 5.32 Å². The quantitative estimate of drug-likeness (QED) is 0.618. The number of aryl methyl sites for hydroxylation is 3. The van der Waals surface area contributed by atoms with Crippen molar-refractivity contribution >= 4 is 17.7 Å². The molecule has 1 amide bonds. The smallest absolute Gasteiger partial charge is 0.221 e. The fraction of sp³-hybridized carbons (Fsp3) is 0.273. The molecule has 1 N–H and O–H groups in total. The first kappa shape index (κ1) is 19.2. The normalized spacial score (nSPS) is 12.0. The van der Waals surface area contributed by atoms with Gasteiger partial charge in [-0.15, -0.1) is 11.8 Å². The van der Waals surface area contributed by atoms with E-state index in [4.69, 9.17) is 0 Å². The van der Waals surface area contributed by atoms with E-state index in [1.165, 1.54) is 16.0 Å². The summed E-state index contributed by atoms with van der Waals surface area (Å²) in [5.74, 6) is 1.61. The standard InChI is InChI=1S/C22H25N3OS/c1-16-9-10-19(15-17(16)2)27-14-11-20(26)24-21(18-7-5-4-6-8-18)22-23-12-13-25(22)3/h4-10,12-13,15,21H,11,14H2,1-3H3,(H,24,26). The van der Waals surface area contributed by atoms with Crippen LogP contribution >= 0.6 is 11.8 Å². The molecular formula is C22H25N3OS. The molecule has 27 heavy (non-hydrogen) atoms. The molecule has 0 radical (unpaired) electrons. The topological polar surface area (TPSA) is 46.9 Å². The molecule has 1 unspecified atom stereocenters. The van der Waals surface area contributed by atoms with Crippen molar-refractivity contribution in [2.45, 2.75) is 31.2 Å². The fourth-order valence-electron chi connectivity index (χ4n) is 2.90. The summed E-state index contributed by atoms with van der Waals surface area (Å²) in [6, 6.07) is 16.1. The monoisotopic (exact) mass is 379 g/mol. The summed E-state index contributed by atoms with van der Waals surface area (Å²) in [6.07, 6.45) is 4.12. The zero-order chi connectivity index (χ0) is 19.2. The van der Waals surface area contributed by atoms with E-state index in [2.05, 4.69) is 42.3 Å². The minimum Gasteiger partial charge on any atom is -0.342 e. The fourth-order valence-corrected chi connectivity index (χ4v) is 3.84. The molecule has 0 aliphatic carbocycles. The van der Waals surface area contributed by atoms with Crippen molar-refractivity contribution in [3.05, 3.63) is 83.4 Å². The second-order valence-electron chi connectivity index (χ2n) is 6.65. The van der Waals surface area contributed by atoms with Crippen molar-refractivity contribution in [3.63, 3.8) is 0 Å². The van der Waals surface area contributed by atoms with Crippen LogP contribution in [0.25, 0.3) is 0 Å². The van der Waals surface area contributed by atoms with Crippen molar-refractivity contribution in [1.82, 2.24) is 14.9 Å². The molecule has 3 aromatic rings. The van der Waals surface area contributed by atoms with Crippen LogP contribution in [0.5, 0.6) is 0 Å². The molecule has 3 rings (SSSR count). The third kappa shape index (κ3) is 5.01. The molecule has 0 fully saturated rings. The number of aromatic nitrogens is 2. The number of amides is 1.